The van der Waals surface area contributed by atoms with Gasteiger partial charge < -0.3 is 30.9 Å². The van der Waals surface area contributed by atoms with Crippen molar-refractivity contribution < 1.29 is 32.3 Å². The van der Waals surface area contributed by atoms with Crippen molar-refractivity contribution in [2.75, 3.05) is 23.3 Å². The van der Waals surface area contributed by atoms with Crippen LogP contribution in [0.1, 0.15) is 43.6 Å². The predicted molar refractivity (Wildman–Crippen MR) is 169 cm³/mol. The molecule has 13 heteroatoms. The van der Waals surface area contributed by atoms with Gasteiger partial charge in [0.05, 0.1) is 11.4 Å². The van der Waals surface area contributed by atoms with Crippen LogP contribution in [0.3, 0.4) is 0 Å². The molecule has 0 saturated carbocycles. The first kappa shape index (κ1) is 31.5. The zero-order valence-corrected chi connectivity index (χ0v) is 26.2. The molecule has 0 aliphatic carbocycles. The van der Waals surface area contributed by atoms with Crippen molar-refractivity contribution in [3.05, 3.63) is 77.9 Å². The number of ether oxygens (including phenoxy) is 1. The van der Waals surface area contributed by atoms with E-state index in [0.29, 0.717) is 41.0 Å². The van der Waals surface area contributed by atoms with Crippen LogP contribution >= 0.6 is 0 Å². The fraction of sp³-hybridized carbons (Fsp3) is 0.312. The van der Waals surface area contributed by atoms with Crippen molar-refractivity contribution in [3.63, 3.8) is 0 Å². The molecule has 0 radical (unpaired) electrons. The summed E-state index contributed by atoms with van der Waals surface area (Å²) in [7, 11) is -3.96. The highest BCUT2D eigenvalue weighted by atomic mass is 32.2. The van der Waals surface area contributed by atoms with Crippen molar-refractivity contribution in [1.82, 2.24) is 16.0 Å². The molecular weight excluding hydrogens is 598 g/mol. The molecule has 0 aromatic heterocycles. The first-order valence-electron chi connectivity index (χ1n) is 14.5. The minimum absolute atomic E-state index is 0.0489. The Balaban J connectivity index is 1.36. The molecule has 4 N–H and O–H groups in total. The summed E-state index contributed by atoms with van der Waals surface area (Å²) in [5.74, 6) is -0.742. The zero-order chi connectivity index (χ0) is 32.5. The van der Waals surface area contributed by atoms with Crippen LogP contribution in [-0.2, 0) is 25.8 Å². The van der Waals surface area contributed by atoms with Crippen LogP contribution in [0.25, 0.3) is 11.1 Å². The molecule has 1 fully saturated rings. The second kappa shape index (κ2) is 12.2. The maximum absolute atomic E-state index is 13.7. The highest BCUT2D eigenvalue weighted by molar-refractivity contribution is 7.92. The molecule has 0 spiro atoms. The summed E-state index contributed by atoms with van der Waals surface area (Å²) in [4.78, 5) is 51.7. The Morgan fingerprint density at radius 2 is 1.69 bits per heavy atom. The van der Waals surface area contributed by atoms with Gasteiger partial charge in [-0.2, -0.15) is 0 Å². The van der Waals surface area contributed by atoms with Crippen molar-refractivity contribution in [2.24, 2.45) is 0 Å². The van der Waals surface area contributed by atoms with E-state index in [-0.39, 0.29) is 17.3 Å². The first-order chi connectivity index (χ1) is 21.2. The van der Waals surface area contributed by atoms with Crippen molar-refractivity contribution in [1.29, 1.82) is 0 Å². The number of anilines is 2. The number of sulfone groups is 1. The van der Waals surface area contributed by atoms with E-state index in [0.717, 1.165) is 5.56 Å². The first-order valence-corrected chi connectivity index (χ1v) is 16.0. The van der Waals surface area contributed by atoms with Gasteiger partial charge in [-0.15, -0.1) is 0 Å². The number of hydrogen-bond donors (Lipinski definition) is 4. The van der Waals surface area contributed by atoms with Crippen LogP contribution in [0.2, 0.25) is 0 Å². The molecule has 2 aliphatic rings. The fourth-order valence-corrected chi connectivity index (χ4v) is 6.92. The van der Waals surface area contributed by atoms with Crippen LogP contribution < -0.4 is 26.2 Å². The third-order valence-electron chi connectivity index (χ3n) is 7.38. The molecule has 2 heterocycles. The molecule has 5 amide bonds. The number of nitrogens with zero attached hydrogens (tertiary/aromatic N) is 1. The van der Waals surface area contributed by atoms with Crippen molar-refractivity contribution >= 4 is 45.2 Å². The summed E-state index contributed by atoms with van der Waals surface area (Å²) in [6.07, 6.45) is -0.278. The third kappa shape index (κ3) is 6.78. The molecule has 236 valence electrons. The topological polar surface area (TPSA) is 163 Å². The van der Waals surface area contributed by atoms with Gasteiger partial charge in [0, 0.05) is 29.0 Å². The summed E-state index contributed by atoms with van der Waals surface area (Å²) < 4.78 is 32.5. The average Bonchev–Trinajstić information content (AvgIpc) is 3.63. The van der Waals surface area contributed by atoms with E-state index in [1.54, 1.807) is 56.0 Å². The second-order valence-electron chi connectivity index (χ2n) is 11.8. The van der Waals surface area contributed by atoms with Gasteiger partial charge in [-0.3, -0.25) is 9.59 Å². The lowest BCUT2D eigenvalue weighted by atomic mass is 9.97. The van der Waals surface area contributed by atoms with Gasteiger partial charge >= 0.3 is 12.1 Å². The van der Waals surface area contributed by atoms with E-state index in [9.17, 15) is 27.6 Å². The maximum Gasteiger partial charge on any atom is 0.408 e. The van der Waals surface area contributed by atoms with E-state index in [1.165, 1.54) is 13.0 Å². The number of amides is 5. The summed E-state index contributed by atoms with van der Waals surface area (Å²) in [5.41, 5.74) is 2.64. The fourth-order valence-electron chi connectivity index (χ4n) is 5.26. The Labute approximate surface area is 261 Å². The molecule has 12 nitrogen and oxygen atoms in total. The number of alkyl carbamates (subject to hydrolysis) is 1. The lowest BCUT2D eigenvalue weighted by Gasteiger charge is -2.22. The molecule has 1 unspecified atom stereocenters. The Hall–Kier alpha value is -4.91. The van der Waals surface area contributed by atoms with E-state index < -0.39 is 44.9 Å². The van der Waals surface area contributed by atoms with Crippen LogP contribution in [0.15, 0.2) is 71.6 Å². The number of benzene rings is 3. The monoisotopic (exact) mass is 633 g/mol. The van der Waals surface area contributed by atoms with Crippen LogP contribution in [0.5, 0.6) is 0 Å². The largest absolute Gasteiger partial charge is 0.444 e. The summed E-state index contributed by atoms with van der Waals surface area (Å²) in [6, 6.07) is 17.2. The van der Waals surface area contributed by atoms with Crippen LogP contribution in [-0.4, -0.2) is 62.5 Å². The highest BCUT2D eigenvalue weighted by Crippen LogP contribution is 2.42. The molecule has 3 aromatic rings. The number of rotatable bonds is 7. The number of carbonyl (C=O) groups is 4. The van der Waals surface area contributed by atoms with Gasteiger partial charge in [-0.25, -0.2) is 18.0 Å². The quantitative estimate of drug-likeness (QED) is 0.307. The van der Waals surface area contributed by atoms with E-state index in [4.69, 9.17) is 4.74 Å². The molecule has 0 bridgehead atoms. The van der Waals surface area contributed by atoms with Gasteiger partial charge in [-0.1, -0.05) is 30.3 Å². The minimum Gasteiger partial charge on any atom is -0.444 e. The summed E-state index contributed by atoms with van der Waals surface area (Å²) in [6.45, 7) is 6.99. The third-order valence-corrected chi connectivity index (χ3v) is 9.37. The Morgan fingerprint density at radius 1 is 1.00 bits per heavy atom. The molecule has 2 atom stereocenters. The lowest BCUT2D eigenvalue weighted by molar-refractivity contribution is -0.117. The Morgan fingerprint density at radius 3 is 2.31 bits per heavy atom. The van der Waals surface area contributed by atoms with Gasteiger partial charge in [-0.05, 0) is 81.6 Å². The molecule has 5 rings (SSSR count). The summed E-state index contributed by atoms with van der Waals surface area (Å²) in [5, 5.41) is 9.06. The normalized spacial score (nSPS) is 16.7. The van der Waals surface area contributed by atoms with E-state index in [2.05, 4.69) is 21.3 Å². The molecular formula is C32H35N5O7S. The van der Waals surface area contributed by atoms with Gasteiger partial charge in [0.25, 0.3) is 5.91 Å². The summed E-state index contributed by atoms with van der Waals surface area (Å²) >= 11 is 0. The average molecular weight is 634 g/mol. The molecule has 1 saturated heterocycles. The van der Waals surface area contributed by atoms with Crippen molar-refractivity contribution in [3.8, 4) is 11.1 Å². The predicted octanol–water partition coefficient (Wildman–Crippen LogP) is 3.82. The number of urea groups is 1. The van der Waals surface area contributed by atoms with Crippen LogP contribution in [0, 0.1) is 0 Å². The standard InChI is InChI=1S/C32H35N5O7S/c1-19(34-31(41)44-32(2,3)4)28(38)35-22-12-10-21(11-13-22)29(39)37-17-16-23-24(37)14-15-25(27(23)20-8-6-5-7-9-20)45(42,43)26-18-33-30(40)36-26/h5-15,19,26H,16-18H2,1-4H3,(H,34,41)(H,35,38)(H2,33,36,40)/t19?,26-/m0/s1. The number of carbonyl (C=O) groups excluding carboxylic acids is 4. The van der Waals surface area contributed by atoms with Gasteiger partial charge in [0.2, 0.25) is 15.7 Å². The van der Waals surface area contributed by atoms with Gasteiger partial charge in [0.15, 0.2) is 5.37 Å². The van der Waals surface area contributed by atoms with Crippen LogP contribution in [0.4, 0.5) is 21.0 Å². The molecule has 45 heavy (non-hydrogen) atoms. The highest BCUT2D eigenvalue weighted by Gasteiger charge is 2.38. The number of nitrogens with one attached hydrogen (secondary N) is 4. The Kier molecular flexibility index (Phi) is 8.57. The zero-order valence-electron chi connectivity index (χ0n) is 25.3. The lowest BCUT2D eigenvalue weighted by Crippen LogP contribution is -2.43. The van der Waals surface area contributed by atoms with Gasteiger partial charge in [0.1, 0.15) is 11.6 Å². The second-order valence-corrected chi connectivity index (χ2v) is 13.9. The SMILES string of the molecule is CC(NC(=O)OC(C)(C)C)C(=O)Nc1ccc(C(=O)N2CCc3c2ccc(S(=O)(=O)[C@H]2CNC(=O)N2)c3-c2ccccc2)cc1. The minimum atomic E-state index is -3.96. The van der Waals surface area contributed by atoms with Crippen molar-refractivity contribution in [2.45, 2.75) is 56.0 Å². The molecule has 3 aromatic carbocycles. The molecule has 2 aliphatic heterocycles. The Bertz CT molecular complexity index is 1750. The number of fused-ring (bicyclic) bond motifs is 1. The maximum atomic E-state index is 13.7. The van der Waals surface area contributed by atoms with E-state index >= 15 is 0 Å². The van der Waals surface area contributed by atoms with E-state index in [1.807, 2.05) is 30.3 Å². The number of hydrogen-bond acceptors (Lipinski definition) is 7. The smallest absolute Gasteiger partial charge is 0.408 e.